The second-order valence-corrected chi connectivity index (χ2v) is 4.73. The molecule has 0 aromatic heterocycles. The molecule has 0 atom stereocenters. The molecule has 2 aromatic carbocycles. The van der Waals surface area contributed by atoms with Crippen LogP contribution >= 0.6 is 11.6 Å². The van der Waals surface area contributed by atoms with Gasteiger partial charge in [-0.05, 0) is 35.4 Å². The largest absolute Gasteiger partial charge is 0.392 e. The number of anilines is 1. The summed E-state index contributed by atoms with van der Waals surface area (Å²) in [5, 5.41) is 12.0. The van der Waals surface area contributed by atoms with E-state index in [9.17, 15) is 9.18 Å². The maximum Gasteiger partial charge on any atom is 0.228 e. The summed E-state index contributed by atoms with van der Waals surface area (Å²) in [5.41, 5.74) is 1.87. The van der Waals surface area contributed by atoms with Crippen LogP contribution in [0, 0.1) is 5.82 Å². The number of hydrogen-bond acceptors (Lipinski definition) is 2. The van der Waals surface area contributed by atoms with Gasteiger partial charge in [-0.2, -0.15) is 0 Å². The van der Waals surface area contributed by atoms with Gasteiger partial charge in [-0.3, -0.25) is 4.79 Å². The lowest BCUT2D eigenvalue weighted by molar-refractivity contribution is -0.115. The standard InChI is InChI=1S/C15H13ClFNO2/c16-14-8-12(17)5-4-11(14)7-15(20)18-13-3-1-2-10(6-13)9-19/h1-6,8,19H,7,9H2,(H,18,20). The van der Waals surface area contributed by atoms with Gasteiger partial charge in [0, 0.05) is 10.7 Å². The van der Waals surface area contributed by atoms with E-state index < -0.39 is 5.82 Å². The fraction of sp³-hybridized carbons (Fsp3) is 0.133. The van der Waals surface area contributed by atoms with E-state index in [1.165, 1.54) is 18.2 Å². The van der Waals surface area contributed by atoms with Gasteiger partial charge in [0.15, 0.2) is 0 Å². The van der Waals surface area contributed by atoms with Crippen molar-refractivity contribution >= 4 is 23.2 Å². The minimum absolute atomic E-state index is 0.0580. The van der Waals surface area contributed by atoms with Crippen LogP contribution in [0.1, 0.15) is 11.1 Å². The van der Waals surface area contributed by atoms with Gasteiger partial charge in [0.2, 0.25) is 5.91 Å². The second-order valence-electron chi connectivity index (χ2n) is 4.32. The van der Waals surface area contributed by atoms with Crippen molar-refractivity contribution in [3.05, 3.63) is 64.4 Å². The Balaban J connectivity index is 2.05. The molecular weight excluding hydrogens is 281 g/mol. The lowest BCUT2D eigenvalue weighted by atomic mass is 10.1. The first kappa shape index (κ1) is 14.5. The molecule has 2 rings (SSSR count). The van der Waals surface area contributed by atoms with Gasteiger partial charge < -0.3 is 10.4 Å². The quantitative estimate of drug-likeness (QED) is 0.910. The van der Waals surface area contributed by atoms with Crippen molar-refractivity contribution in [2.24, 2.45) is 0 Å². The molecule has 0 aliphatic heterocycles. The molecule has 20 heavy (non-hydrogen) atoms. The molecule has 5 heteroatoms. The highest BCUT2D eigenvalue weighted by Gasteiger charge is 2.08. The van der Waals surface area contributed by atoms with Crippen LogP contribution in [-0.4, -0.2) is 11.0 Å². The number of benzene rings is 2. The average molecular weight is 294 g/mol. The molecular formula is C15H13ClFNO2. The van der Waals surface area contributed by atoms with Gasteiger partial charge in [-0.25, -0.2) is 4.39 Å². The van der Waals surface area contributed by atoms with E-state index in [0.717, 1.165) is 0 Å². The minimum atomic E-state index is -0.435. The van der Waals surface area contributed by atoms with Crippen LogP contribution in [0.15, 0.2) is 42.5 Å². The SMILES string of the molecule is O=C(Cc1ccc(F)cc1Cl)Nc1cccc(CO)c1. The van der Waals surface area contributed by atoms with E-state index in [2.05, 4.69) is 5.32 Å². The molecule has 1 amide bonds. The van der Waals surface area contributed by atoms with E-state index in [4.69, 9.17) is 16.7 Å². The topological polar surface area (TPSA) is 49.3 Å². The maximum absolute atomic E-state index is 12.9. The average Bonchev–Trinajstić information content (AvgIpc) is 2.42. The van der Waals surface area contributed by atoms with Gasteiger partial charge in [-0.1, -0.05) is 29.8 Å². The number of amides is 1. The molecule has 2 aromatic rings. The molecule has 0 saturated heterocycles. The van der Waals surface area contributed by atoms with Crippen molar-refractivity contribution < 1.29 is 14.3 Å². The Bertz CT molecular complexity index is 631. The van der Waals surface area contributed by atoms with Crippen molar-refractivity contribution in [1.82, 2.24) is 0 Å². The van der Waals surface area contributed by atoms with Crippen LogP contribution in [0.5, 0.6) is 0 Å². The summed E-state index contributed by atoms with van der Waals surface area (Å²) < 4.78 is 12.9. The van der Waals surface area contributed by atoms with Crippen LogP contribution < -0.4 is 5.32 Å². The lowest BCUT2D eigenvalue weighted by Crippen LogP contribution is -2.14. The van der Waals surface area contributed by atoms with Crippen LogP contribution in [0.2, 0.25) is 5.02 Å². The molecule has 104 valence electrons. The van der Waals surface area contributed by atoms with Crippen molar-refractivity contribution in [2.75, 3.05) is 5.32 Å². The number of aliphatic hydroxyl groups is 1. The van der Waals surface area contributed by atoms with Gasteiger partial charge in [-0.15, -0.1) is 0 Å². The number of carbonyl (C=O) groups excluding carboxylic acids is 1. The number of halogens is 2. The number of hydrogen-bond donors (Lipinski definition) is 2. The molecule has 0 aliphatic carbocycles. The number of nitrogens with one attached hydrogen (secondary N) is 1. The van der Waals surface area contributed by atoms with E-state index in [-0.39, 0.29) is 24.0 Å². The fourth-order valence-corrected chi connectivity index (χ4v) is 2.02. The van der Waals surface area contributed by atoms with E-state index in [1.807, 2.05) is 0 Å². The molecule has 0 bridgehead atoms. The monoisotopic (exact) mass is 293 g/mol. The molecule has 0 radical (unpaired) electrons. The fourth-order valence-electron chi connectivity index (χ4n) is 1.79. The molecule has 3 nitrogen and oxygen atoms in total. The van der Waals surface area contributed by atoms with Gasteiger partial charge in [0.25, 0.3) is 0 Å². The lowest BCUT2D eigenvalue weighted by Gasteiger charge is -2.07. The Morgan fingerprint density at radius 3 is 2.75 bits per heavy atom. The van der Waals surface area contributed by atoms with Crippen molar-refractivity contribution in [1.29, 1.82) is 0 Å². The first-order valence-corrected chi connectivity index (χ1v) is 6.40. The summed E-state index contributed by atoms with van der Waals surface area (Å²) in [6.45, 7) is -0.0898. The predicted octanol–water partition coefficient (Wildman–Crippen LogP) is 3.15. The summed E-state index contributed by atoms with van der Waals surface area (Å²) in [5.74, 6) is -0.691. The minimum Gasteiger partial charge on any atom is -0.392 e. The van der Waals surface area contributed by atoms with Crippen LogP contribution in [0.25, 0.3) is 0 Å². The number of rotatable bonds is 4. The second kappa shape index (κ2) is 6.50. The zero-order valence-corrected chi connectivity index (χ0v) is 11.3. The van der Waals surface area contributed by atoms with Crippen molar-refractivity contribution in [2.45, 2.75) is 13.0 Å². The van der Waals surface area contributed by atoms with E-state index in [0.29, 0.717) is 16.8 Å². The third-order valence-electron chi connectivity index (χ3n) is 2.76. The molecule has 0 saturated carbocycles. The summed E-state index contributed by atoms with van der Waals surface area (Å²) in [7, 11) is 0. The van der Waals surface area contributed by atoms with Gasteiger partial charge in [0.1, 0.15) is 5.82 Å². The van der Waals surface area contributed by atoms with Crippen molar-refractivity contribution in [3.63, 3.8) is 0 Å². The zero-order chi connectivity index (χ0) is 14.5. The molecule has 0 heterocycles. The summed E-state index contributed by atoms with van der Waals surface area (Å²) in [4.78, 5) is 11.9. The zero-order valence-electron chi connectivity index (χ0n) is 10.6. The van der Waals surface area contributed by atoms with E-state index in [1.54, 1.807) is 24.3 Å². The Hall–Kier alpha value is -1.91. The third-order valence-corrected chi connectivity index (χ3v) is 3.11. The Labute approximate surface area is 121 Å². The number of aliphatic hydroxyl groups excluding tert-OH is 1. The van der Waals surface area contributed by atoms with Crippen LogP contribution in [-0.2, 0) is 17.8 Å². The van der Waals surface area contributed by atoms with Gasteiger partial charge in [0.05, 0.1) is 13.0 Å². The molecule has 0 aliphatic rings. The summed E-state index contributed by atoms with van der Waals surface area (Å²) in [6.07, 6.45) is 0.0580. The highest BCUT2D eigenvalue weighted by molar-refractivity contribution is 6.31. The molecule has 0 spiro atoms. The Kier molecular flexibility index (Phi) is 4.71. The summed E-state index contributed by atoms with van der Waals surface area (Å²) >= 11 is 5.87. The number of carbonyl (C=O) groups is 1. The third kappa shape index (κ3) is 3.79. The highest BCUT2D eigenvalue weighted by Crippen LogP contribution is 2.18. The predicted molar refractivity (Wildman–Crippen MR) is 76.1 cm³/mol. The van der Waals surface area contributed by atoms with Crippen LogP contribution in [0.4, 0.5) is 10.1 Å². The van der Waals surface area contributed by atoms with Crippen LogP contribution in [0.3, 0.4) is 0 Å². The first-order valence-electron chi connectivity index (χ1n) is 6.02. The van der Waals surface area contributed by atoms with Gasteiger partial charge >= 0.3 is 0 Å². The van der Waals surface area contributed by atoms with Crippen molar-refractivity contribution in [3.8, 4) is 0 Å². The Morgan fingerprint density at radius 2 is 2.05 bits per heavy atom. The normalized spacial score (nSPS) is 10.3. The highest BCUT2D eigenvalue weighted by atomic mass is 35.5. The first-order chi connectivity index (χ1) is 9.58. The Morgan fingerprint density at radius 1 is 1.25 bits per heavy atom. The smallest absolute Gasteiger partial charge is 0.228 e. The molecule has 0 unspecified atom stereocenters. The maximum atomic E-state index is 12.9. The summed E-state index contributed by atoms with van der Waals surface area (Å²) in [6, 6.07) is 10.8. The molecule has 2 N–H and O–H groups in total. The van der Waals surface area contributed by atoms with E-state index >= 15 is 0 Å². The molecule has 0 fully saturated rings.